The van der Waals surface area contributed by atoms with Gasteiger partial charge in [-0.15, -0.1) is 0 Å². The van der Waals surface area contributed by atoms with Crippen molar-refractivity contribution >= 4 is 16.6 Å². The largest absolute Gasteiger partial charge is 0.381 e. The Bertz CT molecular complexity index is 793. The molecule has 0 spiro atoms. The van der Waals surface area contributed by atoms with Crippen molar-refractivity contribution in [2.45, 2.75) is 13.5 Å². The van der Waals surface area contributed by atoms with Gasteiger partial charge < -0.3 is 10.3 Å². The van der Waals surface area contributed by atoms with Crippen LogP contribution in [0.25, 0.3) is 10.9 Å². The molecule has 3 aromatic rings. The lowest BCUT2D eigenvalue weighted by Crippen LogP contribution is -2.00. The second kappa shape index (κ2) is 5.10. The molecule has 1 heterocycles. The van der Waals surface area contributed by atoms with E-state index in [0.717, 1.165) is 23.3 Å². The highest BCUT2D eigenvalue weighted by atomic mass is 14.9. The predicted octanol–water partition coefficient (Wildman–Crippen LogP) is 3.96. The number of fused-ring (bicyclic) bond motifs is 1. The lowest BCUT2D eigenvalue weighted by atomic mass is 10.1. The third kappa shape index (κ3) is 2.24. The predicted molar refractivity (Wildman–Crippen MR) is 81.5 cm³/mol. The highest BCUT2D eigenvalue weighted by molar-refractivity contribution is 5.83. The molecule has 0 aliphatic heterocycles. The zero-order valence-corrected chi connectivity index (χ0v) is 11.3. The molecule has 0 amide bonds. The van der Waals surface area contributed by atoms with Crippen molar-refractivity contribution in [2.24, 2.45) is 0 Å². The molecule has 0 bridgehead atoms. The first-order chi connectivity index (χ1) is 9.78. The third-order valence-corrected chi connectivity index (χ3v) is 3.51. The van der Waals surface area contributed by atoms with E-state index in [-0.39, 0.29) is 0 Å². The first kappa shape index (κ1) is 12.3. The molecule has 20 heavy (non-hydrogen) atoms. The maximum Gasteiger partial charge on any atom is 0.0992 e. The highest BCUT2D eigenvalue weighted by Crippen LogP contribution is 2.21. The molecule has 0 unspecified atom stereocenters. The van der Waals surface area contributed by atoms with Gasteiger partial charge in [-0.3, -0.25) is 0 Å². The molecule has 98 valence electrons. The summed E-state index contributed by atoms with van der Waals surface area (Å²) in [7, 11) is 0. The molecule has 0 radical (unpaired) electrons. The standard InChI is InChI=1S/C17H15N3/c1-12-6-7-13(9-18)8-17(12)20-11-14-10-19-16-5-3-2-4-15(14)16/h2-8,10,19-20H,11H2,1H3. The summed E-state index contributed by atoms with van der Waals surface area (Å²) in [6.45, 7) is 2.78. The van der Waals surface area contributed by atoms with Crippen LogP contribution in [0.1, 0.15) is 16.7 Å². The summed E-state index contributed by atoms with van der Waals surface area (Å²) in [5.41, 5.74) is 5.20. The maximum absolute atomic E-state index is 8.96. The summed E-state index contributed by atoms with van der Waals surface area (Å²) in [5.74, 6) is 0. The van der Waals surface area contributed by atoms with Gasteiger partial charge in [0.05, 0.1) is 11.6 Å². The van der Waals surface area contributed by atoms with E-state index >= 15 is 0 Å². The van der Waals surface area contributed by atoms with Gasteiger partial charge in [0, 0.05) is 29.3 Å². The van der Waals surface area contributed by atoms with E-state index in [9.17, 15) is 0 Å². The van der Waals surface area contributed by atoms with Crippen LogP contribution in [0.3, 0.4) is 0 Å². The van der Waals surface area contributed by atoms with E-state index in [0.29, 0.717) is 5.56 Å². The van der Waals surface area contributed by atoms with Crippen molar-refractivity contribution in [3.63, 3.8) is 0 Å². The van der Waals surface area contributed by atoms with Gasteiger partial charge in [-0.1, -0.05) is 24.3 Å². The van der Waals surface area contributed by atoms with Crippen LogP contribution in [0.2, 0.25) is 0 Å². The Morgan fingerprint density at radius 3 is 2.90 bits per heavy atom. The van der Waals surface area contributed by atoms with Gasteiger partial charge >= 0.3 is 0 Å². The van der Waals surface area contributed by atoms with E-state index in [1.807, 2.05) is 43.5 Å². The quantitative estimate of drug-likeness (QED) is 0.749. The van der Waals surface area contributed by atoms with Crippen molar-refractivity contribution in [1.82, 2.24) is 4.98 Å². The van der Waals surface area contributed by atoms with Gasteiger partial charge in [-0.05, 0) is 36.2 Å². The van der Waals surface area contributed by atoms with Gasteiger partial charge in [0.2, 0.25) is 0 Å². The molecule has 0 atom stereocenters. The second-order valence-electron chi connectivity index (χ2n) is 4.85. The Hall–Kier alpha value is -2.73. The smallest absolute Gasteiger partial charge is 0.0992 e. The zero-order valence-electron chi connectivity index (χ0n) is 11.3. The van der Waals surface area contributed by atoms with E-state index in [2.05, 4.69) is 28.5 Å². The van der Waals surface area contributed by atoms with E-state index in [4.69, 9.17) is 5.26 Å². The number of H-pyrrole nitrogens is 1. The van der Waals surface area contributed by atoms with Crippen molar-refractivity contribution in [3.8, 4) is 6.07 Å². The maximum atomic E-state index is 8.96. The number of hydrogen-bond donors (Lipinski definition) is 2. The van der Waals surface area contributed by atoms with Crippen molar-refractivity contribution in [1.29, 1.82) is 5.26 Å². The molecular formula is C17H15N3. The van der Waals surface area contributed by atoms with Gasteiger partial charge in [-0.2, -0.15) is 5.26 Å². The van der Waals surface area contributed by atoms with Crippen LogP contribution in [0, 0.1) is 18.3 Å². The van der Waals surface area contributed by atoms with Crippen LogP contribution < -0.4 is 5.32 Å². The molecule has 3 nitrogen and oxygen atoms in total. The van der Waals surface area contributed by atoms with E-state index in [1.54, 1.807) is 0 Å². The van der Waals surface area contributed by atoms with Gasteiger partial charge in [0.15, 0.2) is 0 Å². The fourth-order valence-corrected chi connectivity index (χ4v) is 2.35. The number of hydrogen-bond acceptors (Lipinski definition) is 2. The fraction of sp³-hybridized carbons (Fsp3) is 0.118. The first-order valence-corrected chi connectivity index (χ1v) is 6.57. The average Bonchev–Trinajstić information content (AvgIpc) is 2.90. The minimum absolute atomic E-state index is 0.678. The number of nitrogens with zero attached hydrogens (tertiary/aromatic N) is 1. The Morgan fingerprint density at radius 2 is 2.05 bits per heavy atom. The van der Waals surface area contributed by atoms with Crippen LogP contribution in [0.15, 0.2) is 48.7 Å². The summed E-state index contributed by atoms with van der Waals surface area (Å²) in [5, 5.41) is 13.6. The Kier molecular flexibility index (Phi) is 3.14. The summed E-state index contributed by atoms with van der Waals surface area (Å²) in [4.78, 5) is 3.27. The monoisotopic (exact) mass is 261 g/mol. The van der Waals surface area contributed by atoms with Crippen molar-refractivity contribution in [3.05, 3.63) is 65.4 Å². The lowest BCUT2D eigenvalue weighted by Gasteiger charge is -2.09. The van der Waals surface area contributed by atoms with Crippen LogP contribution in [-0.2, 0) is 6.54 Å². The highest BCUT2D eigenvalue weighted by Gasteiger charge is 2.04. The SMILES string of the molecule is Cc1ccc(C#N)cc1NCc1c[nH]c2ccccc12. The van der Waals surface area contributed by atoms with Gasteiger partial charge in [0.1, 0.15) is 0 Å². The fourth-order valence-electron chi connectivity index (χ4n) is 2.35. The molecule has 2 N–H and O–H groups in total. The molecule has 3 rings (SSSR count). The summed E-state index contributed by atoms with van der Waals surface area (Å²) < 4.78 is 0. The number of aromatic nitrogens is 1. The van der Waals surface area contributed by atoms with Crippen LogP contribution in [-0.4, -0.2) is 4.98 Å². The number of nitriles is 1. The minimum atomic E-state index is 0.678. The van der Waals surface area contributed by atoms with Gasteiger partial charge in [0.25, 0.3) is 0 Å². The normalized spacial score (nSPS) is 10.4. The summed E-state index contributed by atoms with van der Waals surface area (Å²) in [6, 6.07) is 16.1. The van der Waals surface area contributed by atoms with E-state index in [1.165, 1.54) is 10.9 Å². The van der Waals surface area contributed by atoms with E-state index < -0.39 is 0 Å². The van der Waals surface area contributed by atoms with Crippen LogP contribution in [0.5, 0.6) is 0 Å². The average molecular weight is 261 g/mol. The topological polar surface area (TPSA) is 51.6 Å². The third-order valence-electron chi connectivity index (χ3n) is 3.51. The van der Waals surface area contributed by atoms with Crippen LogP contribution >= 0.6 is 0 Å². The number of para-hydroxylation sites is 1. The summed E-state index contributed by atoms with van der Waals surface area (Å²) in [6.07, 6.45) is 2.03. The molecule has 0 saturated heterocycles. The number of benzene rings is 2. The molecule has 0 fully saturated rings. The van der Waals surface area contributed by atoms with Crippen molar-refractivity contribution < 1.29 is 0 Å². The second-order valence-corrected chi connectivity index (χ2v) is 4.85. The number of aromatic amines is 1. The lowest BCUT2D eigenvalue weighted by molar-refractivity contribution is 1.15. The molecule has 0 saturated carbocycles. The molecule has 3 heteroatoms. The number of anilines is 1. The molecular weight excluding hydrogens is 246 g/mol. The molecule has 2 aromatic carbocycles. The Labute approximate surface area is 117 Å². The number of nitrogens with one attached hydrogen (secondary N) is 2. The molecule has 0 aliphatic rings. The van der Waals surface area contributed by atoms with Crippen molar-refractivity contribution in [2.75, 3.05) is 5.32 Å². The first-order valence-electron chi connectivity index (χ1n) is 6.57. The number of rotatable bonds is 3. The molecule has 1 aromatic heterocycles. The number of aryl methyl sites for hydroxylation is 1. The molecule has 0 aliphatic carbocycles. The van der Waals surface area contributed by atoms with Crippen LogP contribution in [0.4, 0.5) is 5.69 Å². The Morgan fingerprint density at radius 1 is 1.20 bits per heavy atom. The Balaban J connectivity index is 1.85. The van der Waals surface area contributed by atoms with Gasteiger partial charge in [-0.25, -0.2) is 0 Å². The minimum Gasteiger partial charge on any atom is -0.381 e. The summed E-state index contributed by atoms with van der Waals surface area (Å²) >= 11 is 0. The zero-order chi connectivity index (χ0) is 13.9.